The number of hydrogen-bond donors (Lipinski definition) is 2. The van der Waals surface area contributed by atoms with Gasteiger partial charge in [-0.3, -0.25) is 4.79 Å². The number of ketones is 1. The SMILES string of the molecule is Cc1cc(-c2cnc3c(NCCC(F)(F)F)cc(Sc4ccccc4O)nn23)ccc1C(=O)CC1CC1. The molecule has 0 unspecified atom stereocenters. The summed E-state index contributed by atoms with van der Waals surface area (Å²) < 4.78 is 39.9. The van der Waals surface area contributed by atoms with Crippen molar-refractivity contribution in [1.29, 1.82) is 0 Å². The monoisotopic (exact) mass is 526 g/mol. The number of anilines is 1. The summed E-state index contributed by atoms with van der Waals surface area (Å²) in [5.74, 6) is 0.715. The van der Waals surface area contributed by atoms with E-state index in [1.165, 1.54) is 11.8 Å². The van der Waals surface area contributed by atoms with Crippen molar-refractivity contribution >= 4 is 28.9 Å². The molecule has 37 heavy (non-hydrogen) atoms. The molecule has 0 radical (unpaired) electrons. The molecular formula is C27H25F3N4O2S. The summed E-state index contributed by atoms with van der Waals surface area (Å²) in [6, 6.07) is 14.0. The molecule has 0 saturated heterocycles. The summed E-state index contributed by atoms with van der Waals surface area (Å²) in [7, 11) is 0. The number of Topliss-reactive ketones (excluding diaryl/α,β-unsaturated/α-hetero) is 1. The van der Waals surface area contributed by atoms with Crippen molar-refractivity contribution in [1.82, 2.24) is 14.6 Å². The van der Waals surface area contributed by atoms with Gasteiger partial charge < -0.3 is 10.4 Å². The number of para-hydroxylation sites is 1. The lowest BCUT2D eigenvalue weighted by Gasteiger charge is -2.13. The number of nitrogens with one attached hydrogen (secondary N) is 1. The maximum absolute atomic E-state index is 12.8. The molecule has 1 aliphatic carbocycles. The highest BCUT2D eigenvalue weighted by Crippen LogP contribution is 2.37. The number of phenols is 1. The molecule has 2 aromatic carbocycles. The number of alkyl halides is 3. The Labute approximate surface area is 215 Å². The number of aryl methyl sites for hydroxylation is 1. The maximum atomic E-state index is 12.8. The molecule has 0 spiro atoms. The van der Waals surface area contributed by atoms with E-state index < -0.39 is 12.6 Å². The van der Waals surface area contributed by atoms with E-state index >= 15 is 0 Å². The van der Waals surface area contributed by atoms with E-state index in [1.54, 1.807) is 41.0 Å². The van der Waals surface area contributed by atoms with Crippen LogP contribution in [0.5, 0.6) is 5.75 Å². The third-order valence-corrected chi connectivity index (χ3v) is 7.22. The summed E-state index contributed by atoms with van der Waals surface area (Å²) in [5, 5.41) is 18.2. The molecule has 10 heteroatoms. The van der Waals surface area contributed by atoms with Gasteiger partial charge in [0.15, 0.2) is 11.4 Å². The number of hydrogen-bond acceptors (Lipinski definition) is 6. The topological polar surface area (TPSA) is 79.5 Å². The molecule has 0 bridgehead atoms. The lowest BCUT2D eigenvalue weighted by Crippen LogP contribution is -2.15. The molecule has 1 saturated carbocycles. The fraction of sp³-hybridized carbons (Fsp3) is 0.296. The van der Waals surface area contributed by atoms with Crippen molar-refractivity contribution in [2.24, 2.45) is 5.92 Å². The van der Waals surface area contributed by atoms with E-state index in [9.17, 15) is 23.1 Å². The third-order valence-electron chi connectivity index (χ3n) is 6.24. The second kappa shape index (κ2) is 10.1. The molecule has 4 aromatic rings. The van der Waals surface area contributed by atoms with Crippen LogP contribution in [0.25, 0.3) is 16.9 Å². The van der Waals surface area contributed by atoms with Crippen LogP contribution in [0, 0.1) is 12.8 Å². The van der Waals surface area contributed by atoms with Crippen molar-refractivity contribution in [2.45, 2.75) is 48.7 Å². The average molecular weight is 527 g/mol. The first-order valence-corrected chi connectivity index (χ1v) is 12.8. The molecular weight excluding hydrogens is 501 g/mol. The smallest absolute Gasteiger partial charge is 0.390 e. The van der Waals surface area contributed by atoms with Crippen LogP contribution in [0.3, 0.4) is 0 Å². The van der Waals surface area contributed by atoms with Gasteiger partial charge in [0.1, 0.15) is 10.8 Å². The van der Waals surface area contributed by atoms with Crippen molar-refractivity contribution < 1.29 is 23.1 Å². The minimum Gasteiger partial charge on any atom is -0.507 e. The Balaban J connectivity index is 1.52. The minimum atomic E-state index is -4.29. The van der Waals surface area contributed by atoms with E-state index in [2.05, 4.69) is 15.4 Å². The zero-order valence-electron chi connectivity index (χ0n) is 20.0. The van der Waals surface area contributed by atoms with E-state index in [1.807, 2.05) is 25.1 Å². The summed E-state index contributed by atoms with van der Waals surface area (Å²) in [6.07, 6.45) is -0.885. The van der Waals surface area contributed by atoms with Gasteiger partial charge in [0.25, 0.3) is 0 Å². The third kappa shape index (κ3) is 5.90. The fourth-order valence-corrected chi connectivity index (χ4v) is 4.99. The molecule has 0 amide bonds. The van der Waals surface area contributed by atoms with Crippen LogP contribution in [0.15, 0.2) is 64.6 Å². The van der Waals surface area contributed by atoms with Crippen LogP contribution >= 0.6 is 11.8 Å². The van der Waals surface area contributed by atoms with E-state index in [0.29, 0.717) is 44.9 Å². The molecule has 5 rings (SSSR count). The predicted octanol–water partition coefficient (Wildman–Crippen LogP) is 6.91. The largest absolute Gasteiger partial charge is 0.507 e. The molecule has 1 fully saturated rings. The van der Waals surface area contributed by atoms with Gasteiger partial charge >= 0.3 is 6.18 Å². The summed E-state index contributed by atoms with van der Waals surface area (Å²) in [6.45, 7) is 1.58. The van der Waals surface area contributed by atoms with Gasteiger partial charge in [-0.1, -0.05) is 36.0 Å². The van der Waals surface area contributed by atoms with Gasteiger partial charge in [0.2, 0.25) is 0 Å². The Hall–Kier alpha value is -3.53. The number of phenolic OH excluding ortho intramolecular Hbond substituents is 1. The van der Waals surface area contributed by atoms with E-state index in [4.69, 9.17) is 0 Å². The second-order valence-electron chi connectivity index (χ2n) is 9.24. The van der Waals surface area contributed by atoms with Crippen molar-refractivity contribution in [2.75, 3.05) is 11.9 Å². The highest BCUT2D eigenvalue weighted by atomic mass is 32.2. The summed E-state index contributed by atoms with van der Waals surface area (Å²) in [4.78, 5) is 17.6. The van der Waals surface area contributed by atoms with Gasteiger partial charge in [0.05, 0.1) is 28.9 Å². The molecule has 6 nitrogen and oxygen atoms in total. The first-order chi connectivity index (χ1) is 17.7. The lowest BCUT2D eigenvalue weighted by molar-refractivity contribution is -0.131. The Bertz CT molecular complexity index is 1460. The van der Waals surface area contributed by atoms with Gasteiger partial charge in [-0.05, 0) is 55.5 Å². The Kier molecular flexibility index (Phi) is 6.85. The van der Waals surface area contributed by atoms with Crippen LogP contribution in [0.1, 0.15) is 41.6 Å². The molecule has 2 aromatic heterocycles. The summed E-state index contributed by atoms with van der Waals surface area (Å²) >= 11 is 1.19. The van der Waals surface area contributed by atoms with Crippen molar-refractivity contribution in [3.05, 3.63) is 65.9 Å². The zero-order chi connectivity index (χ0) is 26.2. The number of benzene rings is 2. The van der Waals surface area contributed by atoms with Gasteiger partial charge in [-0.15, -0.1) is 0 Å². The number of carbonyl (C=O) groups is 1. The first-order valence-electron chi connectivity index (χ1n) is 12.0. The van der Waals surface area contributed by atoms with Crippen LogP contribution in [-0.2, 0) is 0 Å². The Morgan fingerprint density at radius 3 is 2.68 bits per heavy atom. The number of rotatable bonds is 9. The molecule has 192 valence electrons. The van der Waals surface area contributed by atoms with Gasteiger partial charge in [-0.25, -0.2) is 9.50 Å². The molecule has 1 aliphatic rings. The predicted molar refractivity (Wildman–Crippen MR) is 136 cm³/mol. The van der Waals surface area contributed by atoms with E-state index in [0.717, 1.165) is 24.0 Å². The number of nitrogens with zero attached hydrogens (tertiary/aromatic N) is 3. The standard InChI is InChI=1S/C27H25F3N4O2S/c1-16-12-18(8-9-19(16)23(36)13-17-6-7-17)21-15-32-26-20(31-11-10-27(28,29)30)14-25(33-34(21)26)37-24-5-3-2-4-22(24)35/h2-5,8-9,12,14-15,17,31,35H,6-7,10-11,13H2,1H3. The normalized spacial score (nSPS) is 13.7. The average Bonchev–Trinajstić information content (AvgIpc) is 3.54. The molecule has 2 heterocycles. The lowest BCUT2D eigenvalue weighted by atomic mass is 9.98. The highest BCUT2D eigenvalue weighted by molar-refractivity contribution is 7.99. The molecule has 0 aliphatic heterocycles. The quantitative estimate of drug-likeness (QED) is 0.231. The number of aromatic nitrogens is 3. The van der Waals surface area contributed by atoms with Crippen molar-refractivity contribution in [3.63, 3.8) is 0 Å². The van der Waals surface area contributed by atoms with Crippen LogP contribution in [0.4, 0.5) is 18.9 Å². The van der Waals surface area contributed by atoms with Gasteiger partial charge in [-0.2, -0.15) is 18.3 Å². The number of fused-ring (bicyclic) bond motifs is 1. The van der Waals surface area contributed by atoms with Crippen molar-refractivity contribution in [3.8, 4) is 17.0 Å². The maximum Gasteiger partial charge on any atom is 0.390 e. The Morgan fingerprint density at radius 2 is 1.97 bits per heavy atom. The second-order valence-corrected chi connectivity index (χ2v) is 10.3. The zero-order valence-corrected chi connectivity index (χ0v) is 20.9. The van der Waals surface area contributed by atoms with Crippen LogP contribution in [-0.4, -0.2) is 38.2 Å². The van der Waals surface area contributed by atoms with E-state index in [-0.39, 0.29) is 18.1 Å². The summed E-state index contributed by atoms with van der Waals surface area (Å²) in [5.41, 5.74) is 3.75. The first kappa shape index (κ1) is 25.1. The Morgan fingerprint density at radius 1 is 1.19 bits per heavy atom. The molecule has 0 atom stereocenters. The number of imidazole rings is 1. The van der Waals surface area contributed by atoms with Crippen LogP contribution in [0.2, 0.25) is 0 Å². The number of halogens is 3. The van der Waals surface area contributed by atoms with Crippen LogP contribution < -0.4 is 5.32 Å². The number of carbonyl (C=O) groups excluding carboxylic acids is 1. The number of aromatic hydroxyl groups is 1. The minimum absolute atomic E-state index is 0.0777. The van der Waals surface area contributed by atoms with Gasteiger partial charge in [0, 0.05) is 24.1 Å². The molecule has 2 N–H and O–H groups in total. The fourth-order valence-electron chi connectivity index (χ4n) is 4.15. The highest BCUT2D eigenvalue weighted by Gasteiger charge is 2.27.